The van der Waals surface area contributed by atoms with Gasteiger partial charge in [-0.3, -0.25) is 5.41 Å². The fourth-order valence-electron chi connectivity index (χ4n) is 2.41. The molecule has 100 valence electrons. The Balaban J connectivity index is 2.17. The molecule has 2 unspecified atom stereocenters. The third-order valence-electron chi connectivity index (χ3n) is 4.04. The molecule has 0 radical (unpaired) electrons. The van der Waals surface area contributed by atoms with Crippen molar-refractivity contribution in [2.24, 2.45) is 17.1 Å². The number of rotatable bonds is 6. The van der Waals surface area contributed by atoms with Gasteiger partial charge in [0.1, 0.15) is 0 Å². The number of amidine groups is 1. The van der Waals surface area contributed by atoms with E-state index in [2.05, 4.69) is 6.92 Å². The van der Waals surface area contributed by atoms with Crippen LogP contribution < -0.4 is 5.73 Å². The fraction of sp³-hybridized carbons (Fsp3) is 0.929. The Bertz CT molecular complexity index is 251. The van der Waals surface area contributed by atoms with E-state index in [0.29, 0.717) is 12.0 Å². The first-order chi connectivity index (χ1) is 7.93. The Morgan fingerprint density at radius 1 is 1.35 bits per heavy atom. The number of hydrogen-bond donors (Lipinski definition) is 2. The highest BCUT2D eigenvalue weighted by molar-refractivity contribution is 5.82. The summed E-state index contributed by atoms with van der Waals surface area (Å²) in [4.78, 5) is 0. The second kappa shape index (κ2) is 6.39. The molecule has 0 saturated heterocycles. The van der Waals surface area contributed by atoms with Gasteiger partial charge in [-0.05, 0) is 31.6 Å². The van der Waals surface area contributed by atoms with Crippen LogP contribution in [0, 0.1) is 16.7 Å². The van der Waals surface area contributed by atoms with Crippen LogP contribution >= 0.6 is 0 Å². The zero-order valence-corrected chi connectivity index (χ0v) is 11.6. The van der Waals surface area contributed by atoms with Crippen molar-refractivity contribution in [3.05, 3.63) is 0 Å². The largest absolute Gasteiger partial charge is 0.387 e. The lowest BCUT2D eigenvalue weighted by Gasteiger charge is -2.29. The Morgan fingerprint density at radius 2 is 2.00 bits per heavy atom. The molecule has 3 nitrogen and oxygen atoms in total. The van der Waals surface area contributed by atoms with Gasteiger partial charge in [0.25, 0.3) is 0 Å². The zero-order valence-electron chi connectivity index (χ0n) is 11.6. The molecule has 1 saturated carbocycles. The molecule has 2 atom stereocenters. The first-order valence-electron chi connectivity index (χ1n) is 6.89. The Morgan fingerprint density at radius 3 is 2.59 bits per heavy atom. The van der Waals surface area contributed by atoms with Crippen LogP contribution in [0.2, 0.25) is 0 Å². The van der Waals surface area contributed by atoms with Crippen molar-refractivity contribution in [3.8, 4) is 0 Å². The Hall–Kier alpha value is -0.570. The number of hydrogen-bond acceptors (Lipinski definition) is 2. The summed E-state index contributed by atoms with van der Waals surface area (Å²) in [5, 5.41) is 7.50. The van der Waals surface area contributed by atoms with Gasteiger partial charge in [-0.2, -0.15) is 0 Å². The van der Waals surface area contributed by atoms with Gasteiger partial charge in [0.2, 0.25) is 0 Å². The van der Waals surface area contributed by atoms with Crippen molar-refractivity contribution in [2.45, 2.75) is 65.4 Å². The van der Waals surface area contributed by atoms with Crippen LogP contribution in [-0.4, -0.2) is 18.5 Å². The van der Waals surface area contributed by atoms with Crippen LogP contribution in [0.15, 0.2) is 0 Å². The summed E-state index contributed by atoms with van der Waals surface area (Å²) in [6.45, 7) is 7.16. The lowest BCUT2D eigenvalue weighted by atomic mass is 9.86. The molecule has 0 bridgehead atoms. The molecule has 1 aliphatic rings. The normalized spacial score (nSPS) is 25.8. The summed E-state index contributed by atoms with van der Waals surface area (Å²) in [6.07, 6.45) is 7.59. The standard InChI is InChI=1S/C14H28N2O/c1-11-7-4-5-8-12(11)17-10-6-9-14(2,3)13(15)16/h11-12H,4-10H2,1-3H3,(H3,15,16). The second-order valence-corrected chi connectivity index (χ2v) is 6.07. The minimum absolute atomic E-state index is 0.179. The molecular weight excluding hydrogens is 212 g/mol. The SMILES string of the molecule is CC1CCCCC1OCCCC(C)(C)C(=N)N. The number of nitrogens with two attached hydrogens (primary N) is 1. The van der Waals surface area contributed by atoms with E-state index in [1.807, 2.05) is 13.8 Å². The molecule has 1 fully saturated rings. The average Bonchev–Trinajstić information content (AvgIpc) is 2.26. The minimum atomic E-state index is -0.179. The monoisotopic (exact) mass is 240 g/mol. The van der Waals surface area contributed by atoms with Gasteiger partial charge in [0.05, 0.1) is 11.9 Å². The third kappa shape index (κ3) is 4.66. The highest BCUT2D eigenvalue weighted by Gasteiger charge is 2.23. The molecule has 0 aromatic rings. The maximum atomic E-state index is 7.50. The molecule has 0 amide bonds. The molecule has 0 aliphatic heterocycles. The van der Waals surface area contributed by atoms with Crippen LogP contribution in [0.25, 0.3) is 0 Å². The van der Waals surface area contributed by atoms with E-state index in [1.54, 1.807) is 0 Å². The molecule has 0 heterocycles. The van der Waals surface area contributed by atoms with Crippen molar-refractivity contribution in [1.82, 2.24) is 0 Å². The van der Waals surface area contributed by atoms with E-state index in [1.165, 1.54) is 25.7 Å². The molecule has 0 aromatic heterocycles. The van der Waals surface area contributed by atoms with Crippen LogP contribution in [0.5, 0.6) is 0 Å². The maximum absolute atomic E-state index is 7.50. The molecule has 17 heavy (non-hydrogen) atoms. The van der Waals surface area contributed by atoms with Gasteiger partial charge >= 0.3 is 0 Å². The topological polar surface area (TPSA) is 59.1 Å². The predicted octanol–water partition coefficient (Wildman–Crippen LogP) is 3.32. The first-order valence-corrected chi connectivity index (χ1v) is 6.89. The number of ether oxygens (including phenoxy) is 1. The average molecular weight is 240 g/mol. The summed E-state index contributed by atoms with van der Waals surface area (Å²) in [6, 6.07) is 0. The van der Waals surface area contributed by atoms with Gasteiger partial charge < -0.3 is 10.5 Å². The van der Waals surface area contributed by atoms with Crippen LogP contribution in [0.4, 0.5) is 0 Å². The lowest BCUT2D eigenvalue weighted by molar-refractivity contribution is -0.00791. The quantitative estimate of drug-likeness (QED) is 0.425. The van der Waals surface area contributed by atoms with Crippen molar-refractivity contribution >= 4 is 5.84 Å². The molecule has 0 spiro atoms. The van der Waals surface area contributed by atoms with E-state index in [4.69, 9.17) is 15.9 Å². The number of nitrogens with one attached hydrogen (secondary N) is 1. The van der Waals surface area contributed by atoms with Crippen molar-refractivity contribution in [3.63, 3.8) is 0 Å². The van der Waals surface area contributed by atoms with E-state index in [9.17, 15) is 0 Å². The summed E-state index contributed by atoms with van der Waals surface area (Å²) < 4.78 is 5.96. The molecule has 0 aromatic carbocycles. The van der Waals surface area contributed by atoms with E-state index in [0.717, 1.165) is 19.4 Å². The van der Waals surface area contributed by atoms with E-state index < -0.39 is 0 Å². The van der Waals surface area contributed by atoms with Crippen molar-refractivity contribution in [1.29, 1.82) is 5.41 Å². The smallest absolute Gasteiger partial charge is 0.0963 e. The van der Waals surface area contributed by atoms with Crippen LogP contribution in [-0.2, 0) is 4.74 Å². The highest BCUT2D eigenvalue weighted by Crippen LogP contribution is 2.27. The van der Waals surface area contributed by atoms with Crippen LogP contribution in [0.1, 0.15) is 59.3 Å². The summed E-state index contributed by atoms with van der Waals surface area (Å²) >= 11 is 0. The Kier molecular flexibility index (Phi) is 5.44. The van der Waals surface area contributed by atoms with E-state index in [-0.39, 0.29) is 11.3 Å². The van der Waals surface area contributed by atoms with Crippen LogP contribution in [0.3, 0.4) is 0 Å². The molecular formula is C14H28N2O. The van der Waals surface area contributed by atoms with Crippen molar-refractivity contribution < 1.29 is 4.74 Å². The molecule has 3 heteroatoms. The van der Waals surface area contributed by atoms with Gasteiger partial charge in [0.15, 0.2) is 0 Å². The lowest BCUT2D eigenvalue weighted by Crippen LogP contribution is -2.31. The van der Waals surface area contributed by atoms with Gasteiger partial charge in [-0.25, -0.2) is 0 Å². The minimum Gasteiger partial charge on any atom is -0.387 e. The summed E-state index contributed by atoms with van der Waals surface area (Å²) in [5.74, 6) is 0.994. The second-order valence-electron chi connectivity index (χ2n) is 6.07. The third-order valence-corrected chi connectivity index (χ3v) is 4.04. The Labute approximate surface area is 106 Å². The van der Waals surface area contributed by atoms with Gasteiger partial charge in [-0.1, -0.05) is 33.6 Å². The van der Waals surface area contributed by atoms with Crippen molar-refractivity contribution in [2.75, 3.05) is 6.61 Å². The fourth-order valence-corrected chi connectivity index (χ4v) is 2.41. The summed E-state index contributed by atoms with van der Waals surface area (Å²) in [5.41, 5.74) is 5.38. The molecule has 1 aliphatic carbocycles. The van der Waals surface area contributed by atoms with Gasteiger partial charge in [0, 0.05) is 12.0 Å². The zero-order chi connectivity index (χ0) is 12.9. The van der Waals surface area contributed by atoms with E-state index >= 15 is 0 Å². The molecule has 1 rings (SSSR count). The predicted molar refractivity (Wildman–Crippen MR) is 72.3 cm³/mol. The summed E-state index contributed by atoms with van der Waals surface area (Å²) in [7, 11) is 0. The van der Waals surface area contributed by atoms with Gasteiger partial charge in [-0.15, -0.1) is 0 Å². The molecule has 3 N–H and O–H groups in total. The first kappa shape index (κ1) is 14.5. The highest BCUT2D eigenvalue weighted by atomic mass is 16.5. The maximum Gasteiger partial charge on any atom is 0.0963 e.